The van der Waals surface area contributed by atoms with Crippen LogP contribution in [0.4, 0.5) is 5.69 Å². The average molecular weight is 257 g/mol. The Kier molecular flexibility index (Phi) is 3.51. The van der Waals surface area contributed by atoms with E-state index in [1.807, 2.05) is 23.1 Å². The molecule has 0 amide bonds. The number of rotatable bonds is 4. The Balaban J connectivity index is 1.76. The van der Waals surface area contributed by atoms with Crippen LogP contribution in [-0.2, 0) is 17.7 Å². The van der Waals surface area contributed by atoms with E-state index in [1.165, 1.54) is 11.3 Å². The quantitative estimate of drug-likeness (QED) is 0.839. The summed E-state index contributed by atoms with van der Waals surface area (Å²) in [5, 5.41) is 4.25. The maximum Gasteiger partial charge on any atom is 0.0787 e. The molecule has 19 heavy (non-hydrogen) atoms. The fourth-order valence-electron chi connectivity index (χ4n) is 2.67. The number of nitrogens with zero attached hydrogens (tertiary/aromatic N) is 3. The minimum absolute atomic E-state index is 0.285. The fraction of sp³-hybridized carbons (Fsp3) is 0.400. The van der Waals surface area contributed by atoms with E-state index in [9.17, 15) is 0 Å². The predicted octanol–water partition coefficient (Wildman–Crippen LogP) is 1.96. The number of aromatic nitrogens is 2. The van der Waals surface area contributed by atoms with Crippen molar-refractivity contribution in [3.63, 3.8) is 0 Å². The van der Waals surface area contributed by atoms with Crippen molar-refractivity contribution < 1.29 is 4.74 Å². The normalized spacial score (nSPS) is 18.4. The van der Waals surface area contributed by atoms with Gasteiger partial charge in [-0.05, 0) is 17.7 Å². The highest BCUT2D eigenvalue weighted by Gasteiger charge is 2.23. The van der Waals surface area contributed by atoms with Crippen LogP contribution in [0, 0.1) is 0 Å². The first-order valence-corrected chi connectivity index (χ1v) is 6.70. The summed E-state index contributed by atoms with van der Waals surface area (Å²) in [5.41, 5.74) is 2.71. The molecule has 0 fully saturated rings. The van der Waals surface area contributed by atoms with Crippen LogP contribution in [0.5, 0.6) is 0 Å². The Bertz CT molecular complexity index is 524. The van der Waals surface area contributed by atoms with Crippen molar-refractivity contribution in [1.29, 1.82) is 0 Å². The summed E-state index contributed by atoms with van der Waals surface area (Å²) in [7, 11) is 1.80. The topological polar surface area (TPSA) is 30.3 Å². The molecule has 3 rings (SSSR count). The van der Waals surface area contributed by atoms with Crippen LogP contribution in [0.1, 0.15) is 5.56 Å². The lowest BCUT2D eigenvalue weighted by molar-refractivity contribution is 0.104. The number of anilines is 1. The SMILES string of the molecule is CO[C@H]1Cc2ccccc2N(CCn2cccn2)C1. The van der Waals surface area contributed by atoms with Gasteiger partial charge in [-0.15, -0.1) is 0 Å². The average Bonchev–Trinajstić information content (AvgIpc) is 2.97. The maximum atomic E-state index is 5.55. The standard InChI is InChI=1S/C15H19N3O/c1-19-14-11-13-5-2-3-6-15(13)17(12-14)9-10-18-8-4-7-16-18/h2-8,14H,9-12H2,1H3/t14-/m0/s1. The Morgan fingerprint density at radius 1 is 1.26 bits per heavy atom. The third kappa shape index (κ3) is 2.63. The summed E-state index contributed by atoms with van der Waals surface area (Å²) < 4.78 is 7.52. The first-order chi connectivity index (χ1) is 9.36. The molecule has 100 valence electrons. The van der Waals surface area contributed by atoms with Gasteiger partial charge in [-0.25, -0.2) is 0 Å². The predicted molar refractivity (Wildman–Crippen MR) is 75.4 cm³/mol. The van der Waals surface area contributed by atoms with Gasteiger partial charge in [-0.3, -0.25) is 4.68 Å². The lowest BCUT2D eigenvalue weighted by atomic mass is 9.99. The van der Waals surface area contributed by atoms with Crippen LogP contribution in [-0.4, -0.2) is 36.1 Å². The van der Waals surface area contributed by atoms with Crippen LogP contribution in [0.3, 0.4) is 0 Å². The van der Waals surface area contributed by atoms with Crippen LogP contribution in [0.2, 0.25) is 0 Å². The zero-order valence-corrected chi connectivity index (χ0v) is 11.2. The minimum atomic E-state index is 0.285. The molecule has 2 heterocycles. The van der Waals surface area contributed by atoms with E-state index in [0.717, 1.165) is 26.1 Å². The first-order valence-electron chi connectivity index (χ1n) is 6.70. The fourth-order valence-corrected chi connectivity index (χ4v) is 2.67. The first kappa shape index (κ1) is 12.2. The second-order valence-electron chi connectivity index (χ2n) is 4.91. The molecule has 0 spiro atoms. The van der Waals surface area contributed by atoms with Gasteiger partial charge in [-0.1, -0.05) is 18.2 Å². The summed E-state index contributed by atoms with van der Waals surface area (Å²) >= 11 is 0. The largest absolute Gasteiger partial charge is 0.379 e. The number of benzene rings is 1. The number of para-hydroxylation sites is 1. The van der Waals surface area contributed by atoms with Crippen molar-refractivity contribution in [1.82, 2.24) is 9.78 Å². The molecular formula is C15H19N3O. The molecule has 0 radical (unpaired) electrons. The Hall–Kier alpha value is -1.81. The van der Waals surface area contributed by atoms with Crippen LogP contribution in [0.25, 0.3) is 0 Å². The van der Waals surface area contributed by atoms with Gasteiger partial charge < -0.3 is 9.64 Å². The van der Waals surface area contributed by atoms with Crippen LogP contribution >= 0.6 is 0 Å². The zero-order valence-electron chi connectivity index (χ0n) is 11.2. The van der Waals surface area contributed by atoms with Crippen molar-refractivity contribution in [2.75, 3.05) is 25.1 Å². The van der Waals surface area contributed by atoms with Gasteiger partial charge in [0, 0.05) is 44.7 Å². The molecule has 1 atom stereocenters. The monoisotopic (exact) mass is 257 g/mol. The molecule has 1 aromatic carbocycles. The van der Waals surface area contributed by atoms with E-state index in [0.29, 0.717) is 0 Å². The molecular weight excluding hydrogens is 238 g/mol. The summed E-state index contributed by atoms with van der Waals surface area (Å²) in [6.07, 6.45) is 5.11. The molecule has 0 N–H and O–H groups in total. The van der Waals surface area contributed by atoms with Gasteiger partial charge in [0.05, 0.1) is 12.6 Å². The molecule has 0 saturated carbocycles. The minimum Gasteiger partial charge on any atom is -0.379 e. The van der Waals surface area contributed by atoms with Crippen molar-refractivity contribution >= 4 is 5.69 Å². The Morgan fingerprint density at radius 3 is 2.95 bits per heavy atom. The summed E-state index contributed by atoms with van der Waals surface area (Å²) in [4.78, 5) is 2.40. The van der Waals surface area contributed by atoms with Crippen molar-refractivity contribution in [3.05, 3.63) is 48.3 Å². The van der Waals surface area contributed by atoms with E-state index in [4.69, 9.17) is 4.74 Å². The van der Waals surface area contributed by atoms with Crippen LogP contribution < -0.4 is 4.90 Å². The van der Waals surface area contributed by atoms with E-state index in [2.05, 4.69) is 34.3 Å². The Morgan fingerprint density at radius 2 is 2.16 bits per heavy atom. The highest BCUT2D eigenvalue weighted by atomic mass is 16.5. The van der Waals surface area contributed by atoms with Gasteiger partial charge in [0.2, 0.25) is 0 Å². The summed E-state index contributed by atoms with van der Waals surface area (Å²) in [6.45, 7) is 2.81. The Labute approximate surface area is 113 Å². The van der Waals surface area contributed by atoms with Gasteiger partial charge in [0.25, 0.3) is 0 Å². The van der Waals surface area contributed by atoms with E-state index >= 15 is 0 Å². The molecule has 1 aromatic heterocycles. The lowest BCUT2D eigenvalue weighted by Crippen LogP contribution is -2.41. The summed E-state index contributed by atoms with van der Waals surface area (Å²) in [5.74, 6) is 0. The van der Waals surface area contributed by atoms with Gasteiger partial charge in [0.1, 0.15) is 0 Å². The molecule has 1 aliphatic heterocycles. The smallest absolute Gasteiger partial charge is 0.0787 e. The maximum absolute atomic E-state index is 5.55. The molecule has 1 aliphatic rings. The summed E-state index contributed by atoms with van der Waals surface area (Å²) in [6, 6.07) is 10.6. The lowest BCUT2D eigenvalue weighted by Gasteiger charge is -2.35. The van der Waals surface area contributed by atoms with Crippen molar-refractivity contribution in [3.8, 4) is 0 Å². The molecule has 4 heteroatoms. The number of methoxy groups -OCH3 is 1. The number of ether oxygens (including phenoxy) is 1. The second-order valence-corrected chi connectivity index (χ2v) is 4.91. The van der Waals surface area contributed by atoms with Crippen molar-refractivity contribution in [2.45, 2.75) is 19.1 Å². The number of hydrogen-bond acceptors (Lipinski definition) is 3. The molecule has 0 saturated heterocycles. The molecule has 0 aliphatic carbocycles. The third-order valence-electron chi connectivity index (χ3n) is 3.70. The molecule has 4 nitrogen and oxygen atoms in total. The van der Waals surface area contributed by atoms with E-state index in [1.54, 1.807) is 7.11 Å². The zero-order chi connectivity index (χ0) is 13.1. The van der Waals surface area contributed by atoms with Crippen molar-refractivity contribution in [2.24, 2.45) is 0 Å². The van der Waals surface area contributed by atoms with E-state index < -0.39 is 0 Å². The number of fused-ring (bicyclic) bond motifs is 1. The molecule has 2 aromatic rings. The second kappa shape index (κ2) is 5.45. The highest BCUT2D eigenvalue weighted by Crippen LogP contribution is 2.27. The van der Waals surface area contributed by atoms with E-state index in [-0.39, 0.29) is 6.10 Å². The number of hydrogen-bond donors (Lipinski definition) is 0. The van der Waals surface area contributed by atoms with Gasteiger partial charge >= 0.3 is 0 Å². The molecule has 0 bridgehead atoms. The van der Waals surface area contributed by atoms with Gasteiger partial charge in [0.15, 0.2) is 0 Å². The molecule has 0 unspecified atom stereocenters. The highest BCUT2D eigenvalue weighted by molar-refractivity contribution is 5.56. The van der Waals surface area contributed by atoms with Crippen LogP contribution in [0.15, 0.2) is 42.7 Å². The third-order valence-corrected chi connectivity index (χ3v) is 3.70. The van der Waals surface area contributed by atoms with Gasteiger partial charge in [-0.2, -0.15) is 5.10 Å².